The summed E-state index contributed by atoms with van der Waals surface area (Å²) < 4.78 is 12.9. The van der Waals surface area contributed by atoms with Crippen molar-refractivity contribution in [2.45, 2.75) is 19.9 Å². The molecule has 0 atom stereocenters. The summed E-state index contributed by atoms with van der Waals surface area (Å²) in [5.41, 5.74) is 3.05. The average Bonchev–Trinajstić information content (AvgIpc) is 3.17. The van der Waals surface area contributed by atoms with Crippen LogP contribution >= 0.6 is 0 Å². The van der Waals surface area contributed by atoms with E-state index >= 15 is 0 Å². The molecule has 0 bridgehead atoms. The molecule has 4 rings (SSSR count). The summed E-state index contributed by atoms with van der Waals surface area (Å²) in [6.07, 6.45) is 2.85. The zero-order chi connectivity index (χ0) is 15.6. The van der Waals surface area contributed by atoms with Gasteiger partial charge in [-0.2, -0.15) is 0 Å². The Morgan fingerprint density at radius 3 is 2.96 bits per heavy atom. The number of aromatic nitrogens is 2. The van der Waals surface area contributed by atoms with E-state index in [1.54, 1.807) is 0 Å². The van der Waals surface area contributed by atoms with Crippen molar-refractivity contribution < 1.29 is 9.47 Å². The van der Waals surface area contributed by atoms with Crippen LogP contribution in [0.25, 0.3) is 11.0 Å². The standard InChI is InChI=1S/C18H17N3O2/c1-2-9-21-15-6-4-3-5-14(15)20-18(21)19-11-13-7-8-16-17(10-13)23-12-22-16/h3-8,10-11H,2,9,12H2,1H3/b19-11+. The van der Waals surface area contributed by atoms with E-state index in [0.717, 1.165) is 47.0 Å². The number of nitrogens with zero attached hydrogens (tertiary/aromatic N) is 3. The number of aliphatic imine (C=N–C) groups is 1. The van der Waals surface area contributed by atoms with Gasteiger partial charge in [0.15, 0.2) is 11.5 Å². The fourth-order valence-corrected chi connectivity index (χ4v) is 2.73. The van der Waals surface area contributed by atoms with Crippen LogP contribution in [0.4, 0.5) is 5.95 Å². The second-order valence-electron chi connectivity index (χ2n) is 5.42. The van der Waals surface area contributed by atoms with Crippen LogP contribution in [0.1, 0.15) is 18.9 Å². The zero-order valence-corrected chi connectivity index (χ0v) is 12.9. The first-order valence-electron chi connectivity index (χ1n) is 7.74. The first-order valence-corrected chi connectivity index (χ1v) is 7.74. The molecule has 5 heteroatoms. The number of hydrogen-bond donors (Lipinski definition) is 0. The van der Waals surface area contributed by atoms with Gasteiger partial charge in [-0.3, -0.25) is 0 Å². The number of aryl methyl sites for hydroxylation is 1. The molecule has 116 valence electrons. The van der Waals surface area contributed by atoms with Gasteiger partial charge < -0.3 is 14.0 Å². The number of imidazole rings is 1. The van der Waals surface area contributed by atoms with Gasteiger partial charge in [-0.1, -0.05) is 19.1 Å². The number of benzene rings is 2. The van der Waals surface area contributed by atoms with Crippen LogP contribution in [0.15, 0.2) is 47.5 Å². The van der Waals surface area contributed by atoms with Crippen molar-refractivity contribution in [3.63, 3.8) is 0 Å². The second-order valence-corrected chi connectivity index (χ2v) is 5.42. The maximum Gasteiger partial charge on any atom is 0.231 e. The molecule has 3 aromatic rings. The summed E-state index contributed by atoms with van der Waals surface area (Å²) in [7, 11) is 0. The molecule has 0 N–H and O–H groups in total. The van der Waals surface area contributed by atoms with Gasteiger partial charge >= 0.3 is 0 Å². The summed E-state index contributed by atoms with van der Waals surface area (Å²) >= 11 is 0. The number of hydrogen-bond acceptors (Lipinski definition) is 4. The second kappa shape index (κ2) is 5.76. The third kappa shape index (κ3) is 2.54. The molecular weight excluding hydrogens is 290 g/mol. The van der Waals surface area contributed by atoms with E-state index in [1.807, 2.05) is 42.6 Å². The van der Waals surface area contributed by atoms with Crippen molar-refractivity contribution in [2.24, 2.45) is 4.99 Å². The van der Waals surface area contributed by atoms with Gasteiger partial charge in [-0.15, -0.1) is 0 Å². The molecule has 0 aliphatic carbocycles. The van der Waals surface area contributed by atoms with Crippen molar-refractivity contribution in [3.05, 3.63) is 48.0 Å². The summed E-state index contributed by atoms with van der Waals surface area (Å²) in [4.78, 5) is 9.22. The van der Waals surface area contributed by atoms with Crippen molar-refractivity contribution in [2.75, 3.05) is 6.79 Å². The van der Waals surface area contributed by atoms with E-state index in [4.69, 9.17) is 9.47 Å². The molecule has 0 saturated heterocycles. The van der Waals surface area contributed by atoms with Crippen LogP contribution in [0.3, 0.4) is 0 Å². The summed E-state index contributed by atoms with van der Waals surface area (Å²) in [6.45, 7) is 3.33. The quantitative estimate of drug-likeness (QED) is 0.686. The predicted octanol–water partition coefficient (Wildman–Crippen LogP) is 3.93. The Kier molecular flexibility index (Phi) is 3.46. The van der Waals surface area contributed by atoms with Crippen molar-refractivity contribution >= 4 is 23.2 Å². The topological polar surface area (TPSA) is 48.6 Å². The summed E-state index contributed by atoms with van der Waals surface area (Å²) in [6, 6.07) is 13.9. The lowest BCUT2D eigenvalue weighted by Crippen LogP contribution is -1.96. The fraction of sp³-hybridized carbons (Fsp3) is 0.222. The highest BCUT2D eigenvalue weighted by atomic mass is 16.7. The van der Waals surface area contributed by atoms with E-state index in [1.165, 1.54) is 0 Å². The Morgan fingerprint density at radius 2 is 2.04 bits per heavy atom. The minimum Gasteiger partial charge on any atom is -0.454 e. The van der Waals surface area contributed by atoms with Gasteiger partial charge in [0.1, 0.15) is 0 Å². The normalized spacial score (nSPS) is 13.3. The van der Waals surface area contributed by atoms with Crippen LogP contribution in [0.5, 0.6) is 11.5 Å². The molecule has 0 amide bonds. The smallest absolute Gasteiger partial charge is 0.231 e. The Hall–Kier alpha value is -2.82. The van der Waals surface area contributed by atoms with E-state index in [-0.39, 0.29) is 6.79 Å². The number of para-hydroxylation sites is 2. The highest BCUT2D eigenvalue weighted by molar-refractivity contribution is 5.84. The van der Waals surface area contributed by atoms with Crippen molar-refractivity contribution in [3.8, 4) is 11.5 Å². The highest BCUT2D eigenvalue weighted by Gasteiger charge is 2.13. The average molecular weight is 307 g/mol. The Balaban J connectivity index is 1.70. The molecule has 5 nitrogen and oxygen atoms in total. The summed E-state index contributed by atoms with van der Waals surface area (Å²) in [5.74, 6) is 2.27. The fourth-order valence-electron chi connectivity index (χ4n) is 2.73. The van der Waals surface area contributed by atoms with Gasteiger partial charge in [-0.05, 0) is 42.3 Å². The molecule has 23 heavy (non-hydrogen) atoms. The molecule has 2 heterocycles. The lowest BCUT2D eigenvalue weighted by molar-refractivity contribution is 0.174. The summed E-state index contributed by atoms with van der Waals surface area (Å²) in [5, 5.41) is 0. The molecule has 0 fully saturated rings. The molecule has 0 radical (unpaired) electrons. The molecule has 1 aliphatic heterocycles. The Bertz CT molecular complexity index is 883. The zero-order valence-electron chi connectivity index (χ0n) is 12.9. The van der Waals surface area contributed by atoms with Gasteiger partial charge in [-0.25, -0.2) is 9.98 Å². The van der Waals surface area contributed by atoms with Crippen LogP contribution < -0.4 is 9.47 Å². The molecular formula is C18H17N3O2. The number of rotatable bonds is 4. The lowest BCUT2D eigenvalue weighted by Gasteiger charge is -2.03. The minimum absolute atomic E-state index is 0.280. The molecule has 1 aromatic heterocycles. The van der Waals surface area contributed by atoms with Gasteiger partial charge in [0.25, 0.3) is 0 Å². The first kappa shape index (κ1) is 13.8. The minimum atomic E-state index is 0.280. The number of fused-ring (bicyclic) bond motifs is 2. The highest BCUT2D eigenvalue weighted by Crippen LogP contribution is 2.32. The van der Waals surface area contributed by atoms with Crippen LogP contribution in [-0.4, -0.2) is 22.6 Å². The van der Waals surface area contributed by atoms with Gasteiger partial charge in [0.2, 0.25) is 12.7 Å². The van der Waals surface area contributed by atoms with E-state index in [9.17, 15) is 0 Å². The lowest BCUT2D eigenvalue weighted by atomic mass is 10.2. The SMILES string of the molecule is CCCn1c(/N=C/c2ccc3c(c2)OCO3)nc2ccccc21. The van der Waals surface area contributed by atoms with Crippen LogP contribution in [-0.2, 0) is 6.54 Å². The Labute approximate surface area is 134 Å². The predicted molar refractivity (Wildman–Crippen MR) is 89.8 cm³/mol. The van der Waals surface area contributed by atoms with Crippen molar-refractivity contribution in [1.82, 2.24) is 9.55 Å². The van der Waals surface area contributed by atoms with Gasteiger partial charge in [0.05, 0.1) is 11.0 Å². The molecule has 0 spiro atoms. The van der Waals surface area contributed by atoms with E-state index < -0.39 is 0 Å². The molecule has 0 unspecified atom stereocenters. The van der Waals surface area contributed by atoms with Crippen LogP contribution in [0, 0.1) is 0 Å². The van der Waals surface area contributed by atoms with Crippen LogP contribution in [0.2, 0.25) is 0 Å². The maximum atomic E-state index is 5.40. The largest absolute Gasteiger partial charge is 0.454 e. The monoisotopic (exact) mass is 307 g/mol. The third-order valence-electron chi connectivity index (χ3n) is 3.81. The van der Waals surface area contributed by atoms with Crippen molar-refractivity contribution in [1.29, 1.82) is 0 Å². The third-order valence-corrected chi connectivity index (χ3v) is 3.81. The van der Waals surface area contributed by atoms with E-state index in [2.05, 4.69) is 27.5 Å². The first-order chi connectivity index (χ1) is 11.3. The molecule has 1 aliphatic rings. The maximum absolute atomic E-state index is 5.40. The van der Waals surface area contributed by atoms with Gasteiger partial charge in [0, 0.05) is 12.8 Å². The number of ether oxygens (including phenoxy) is 2. The van der Waals surface area contributed by atoms with E-state index in [0.29, 0.717) is 0 Å². The molecule has 2 aromatic carbocycles. The molecule has 0 saturated carbocycles. The Morgan fingerprint density at radius 1 is 1.17 bits per heavy atom.